The van der Waals surface area contributed by atoms with Crippen molar-refractivity contribution >= 4 is 17.6 Å². The Balaban J connectivity index is 2.32. The van der Waals surface area contributed by atoms with Gasteiger partial charge in [0.2, 0.25) is 5.91 Å². The van der Waals surface area contributed by atoms with Crippen LogP contribution in [-0.2, 0) is 4.79 Å². The second kappa shape index (κ2) is 8.26. The van der Waals surface area contributed by atoms with Gasteiger partial charge in [-0.2, -0.15) is 0 Å². The molecule has 3 amide bonds. The van der Waals surface area contributed by atoms with Gasteiger partial charge in [0.1, 0.15) is 0 Å². The summed E-state index contributed by atoms with van der Waals surface area (Å²) in [6.07, 6.45) is -0.292. The summed E-state index contributed by atoms with van der Waals surface area (Å²) in [5.41, 5.74) is 1.41. The molecule has 0 aliphatic carbocycles. The van der Waals surface area contributed by atoms with Gasteiger partial charge in [0.05, 0.1) is 6.10 Å². The summed E-state index contributed by atoms with van der Waals surface area (Å²) in [6, 6.07) is 6.66. The number of carbonyl (C=O) groups excluding carboxylic acids is 2. The van der Waals surface area contributed by atoms with Crippen molar-refractivity contribution in [2.24, 2.45) is 0 Å². The summed E-state index contributed by atoms with van der Waals surface area (Å²) in [4.78, 5) is 23.0. The third-order valence-corrected chi connectivity index (χ3v) is 2.74. The van der Waals surface area contributed by atoms with Gasteiger partial charge < -0.3 is 21.1 Å². The Bertz CT molecular complexity index is 470. The first-order chi connectivity index (χ1) is 9.88. The smallest absolute Gasteiger partial charge is 0.319 e. The molecule has 6 nitrogen and oxygen atoms in total. The van der Waals surface area contributed by atoms with Gasteiger partial charge >= 0.3 is 6.03 Å². The highest BCUT2D eigenvalue weighted by Gasteiger charge is 2.06. The topological polar surface area (TPSA) is 90.5 Å². The molecule has 0 saturated heterocycles. The Labute approximate surface area is 124 Å². The van der Waals surface area contributed by atoms with Crippen LogP contribution in [0.25, 0.3) is 0 Å². The van der Waals surface area contributed by atoms with Gasteiger partial charge in [0.25, 0.3) is 0 Å². The van der Waals surface area contributed by atoms with Crippen LogP contribution in [0.3, 0.4) is 0 Å². The maximum absolute atomic E-state index is 11.6. The standard InChI is InChI=1S/C15H23N3O3/c1-10(2)17-14(20)8-9-16-15(21)18-13-6-4-12(5-7-13)11(3)19/h4-7,10-11,19H,8-9H2,1-3H3,(H,17,20)(H2,16,18,21). The molecule has 0 bridgehead atoms. The van der Waals surface area contributed by atoms with E-state index in [0.717, 1.165) is 5.56 Å². The summed E-state index contributed by atoms with van der Waals surface area (Å²) in [5, 5.41) is 17.4. The van der Waals surface area contributed by atoms with Crippen LogP contribution < -0.4 is 16.0 Å². The van der Waals surface area contributed by atoms with Crippen molar-refractivity contribution in [1.29, 1.82) is 0 Å². The van der Waals surface area contributed by atoms with Crippen LogP contribution in [0.2, 0.25) is 0 Å². The van der Waals surface area contributed by atoms with Crippen molar-refractivity contribution in [3.05, 3.63) is 29.8 Å². The molecule has 1 aromatic carbocycles. The number of amides is 3. The zero-order chi connectivity index (χ0) is 15.8. The minimum absolute atomic E-state index is 0.0911. The van der Waals surface area contributed by atoms with E-state index in [0.29, 0.717) is 5.69 Å². The van der Waals surface area contributed by atoms with Gasteiger partial charge in [0.15, 0.2) is 0 Å². The number of aliphatic hydroxyl groups excluding tert-OH is 1. The SMILES string of the molecule is CC(C)NC(=O)CCNC(=O)Nc1ccc(C(C)O)cc1. The summed E-state index contributed by atoms with van der Waals surface area (Å²) in [5.74, 6) is -0.0911. The number of hydrogen-bond acceptors (Lipinski definition) is 3. The lowest BCUT2D eigenvalue weighted by molar-refractivity contribution is -0.121. The Morgan fingerprint density at radius 1 is 1.14 bits per heavy atom. The van der Waals surface area contributed by atoms with Crippen LogP contribution >= 0.6 is 0 Å². The molecule has 1 unspecified atom stereocenters. The van der Waals surface area contributed by atoms with Crippen molar-refractivity contribution in [2.75, 3.05) is 11.9 Å². The minimum atomic E-state index is -0.535. The van der Waals surface area contributed by atoms with E-state index in [1.807, 2.05) is 13.8 Å². The zero-order valence-electron chi connectivity index (χ0n) is 12.6. The van der Waals surface area contributed by atoms with E-state index in [1.54, 1.807) is 31.2 Å². The second-order valence-electron chi connectivity index (χ2n) is 5.15. The van der Waals surface area contributed by atoms with Crippen LogP contribution in [0, 0.1) is 0 Å². The summed E-state index contributed by atoms with van der Waals surface area (Å²) >= 11 is 0. The molecule has 1 rings (SSSR count). The van der Waals surface area contributed by atoms with Gasteiger partial charge in [-0.25, -0.2) is 4.79 Å². The highest BCUT2D eigenvalue weighted by atomic mass is 16.3. The van der Waals surface area contributed by atoms with Crippen molar-refractivity contribution in [3.8, 4) is 0 Å². The molecule has 0 radical (unpaired) electrons. The minimum Gasteiger partial charge on any atom is -0.389 e. The van der Waals surface area contributed by atoms with Gasteiger partial charge in [0, 0.05) is 24.7 Å². The molecule has 0 fully saturated rings. The fraction of sp³-hybridized carbons (Fsp3) is 0.467. The molecular weight excluding hydrogens is 270 g/mol. The first-order valence-electron chi connectivity index (χ1n) is 7.00. The molecule has 0 aromatic heterocycles. The van der Waals surface area contributed by atoms with Crippen LogP contribution in [0.5, 0.6) is 0 Å². The van der Waals surface area contributed by atoms with E-state index in [-0.39, 0.29) is 30.9 Å². The van der Waals surface area contributed by atoms with Crippen LogP contribution in [0.4, 0.5) is 10.5 Å². The lowest BCUT2D eigenvalue weighted by Gasteiger charge is -2.10. The summed E-state index contributed by atoms with van der Waals surface area (Å²) < 4.78 is 0. The Morgan fingerprint density at radius 2 is 1.76 bits per heavy atom. The molecule has 0 heterocycles. The molecule has 116 valence electrons. The molecule has 0 spiro atoms. The van der Waals surface area contributed by atoms with Gasteiger partial charge in [-0.3, -0.25) is 4.79 Å². The molecule has 1 aromatic rings. The average Bonchev–Trinajstić information content (AvgIpc) is 2.38. The fourth-order valence-electron chi connectivity index (χ4n) is 1.70. The van der Waals surface area contributed by atoms with Crippen molar-refractivity contribution in [1.82, 2.24) is 10.6 Å². The zero-order valence-corrected chi connectivity index (χ0v) is 12.6. The molecule has 6 heteroatoms. The Kier molecular flexibility index (Phi) is 6.68. The number of hydrogen-bond donors (Lipinski definition) is 4. The number of carbonyl (C=O) groups is 2. The largest absolute Gasteiger partial charge is 0.389 e. The molecule has 0 aliphatic heterocycles. The van der Waals surface area contributed by atoms with E-state index < -0.39 is 6.10 Å². The Hall–Kier alpha value is -2.08. The van der Waals surface area contributed by atoms with Gasteiger partial charge in [-0.05, 0) is 38.5 Å². The first-order valence-corrected chi connectivity index (χ1v) is 7.00. The predicted octanol–water partition coefficient (Wildman–Crippen LogP) is 1.78. The number of benzene rings is 1. The molecular formula is C15H23N3O3. The van der Waals surface area contributed by atoms with Crippen LogP contribution in [-0.4, -0.2) is 29.6 Å². The van der Waals surface area contributed by atoms with Gasteiger partial charge in [-0.15, -0.1) is 0 Å². The normalized spacial score (nSPS) is 11.9. The quantitative estimate of drug-likeness (QED) is 0.644. The first kappa shape index (κ1) is 17.0. The molecule has 0 saturated carbocycles. The average molecular weight is 293 g/mol. The lowest BCUT2D eigenvalue weighted by atomic mass is 10.1. The van der Waals surface area contributed by atoms with E-state index in [9.17, 15) is 14.7 Å². The monoisotopic (exact) mass is 293 g/mol. The van der Waals surface area contributed by atoms with Crippen molar-refractivity contribution in [3.63, 3.8) is 0 Å². The van der Waals surface area contributed by atoms with Crippen LogP contribution in [0.1, 0.15) is 38.9 Å². The molecule has 0 aliphatic rings. The number of aliphatic hydroxyl groups is 1. The second-order valence-corrected chi connectivity index (χ2v) is 5.15. The Morgan fingerprint density at radius 3 is 2.29 bits per heavy atom. The predicted molar refractivity (Wildman–Crippen MR) is 82.0 cm³/mol. The summed E-state index contributed by atoms with van der Waals surface area (Å²) in [6.45, 7) is 5.72. The highest BCUT2D eigenvalue weighted by molar-refractivity contribution is 5.89. The number of anilines is 1. The summed E-state index contributed by atoms with van der Waals surface area (Å²) in [7, 11) is 0. The van der Waals surface area contributed by atoms with Gasteiger partial charge in [-0.1, -0.05) is 12.1 Å². The molecule has 21 heavy (non-hydrogen) atoms. The van der Waals surface area contributed by atoms with Crippen molar-refractivity contribution < 1.29 is 14.7 Å². The number of urea groups is 1. The van der Waals surface area contributed by atoms with E-state index >= 15 is 0 Å². The molecule has 1 atom stereocenters. The number of nitrogens with one attached hydrogen (secondary N) is 3. The van der Waals surface area contributed by atoms with Crippen molar-refractivity contribution in [2.45, 2.75) is 39.3 Å². The molecule has 4 N–H and O–H groups in total. The highest BCUT2D eigenvalue weighted by Crippen LogP contribution is 2.15. The fourth-order valence-corrected chi connectivity index (χ4v) is 1.70. The van der Waals surface area contributed by atoms with E-state index in [4.69, 9.17) is 0 Å². The third-order valence-electron chi connectivity index (χ3n) is 2.74. The third kappa shape index (κ3) is 6.76. The maximum Gasteiger partial charge on any atom is 0.319 e. The van der Waals surface area contributed by atoms with Crippen LogP contribution in [0.15, 0.2) is 24.3 Å². The number of rotatable bonds is 6. The lowest BCUT2D eigenvalue weighted by Crippen LogP contribution is -2.35. The van der Waals surface area contributed by atoms with E-state index in [2.05, 4.69) is 16.0 Å². The maximum atomic E-state index is 11.6. The van der Waals surface area contributed by atoms with E-state index in [1.165, 1.54) is 0 Å².